The first-order valence-electron chi connectivity index (χ1n) is 24.0. The molecule has 2 atom stereocenters. The summed E-state index contributed by atoms with van der Waals surface area (Å²) in [7, 11) is -1.71. The Labute approximate surface area is 389 Å². The number of nitrogens with zero attached hydrogens (tertiary/aromatic N) is 3. The Bertz CT molecular complexity index is 3590. The van der Waals surface area contributed by atoms with Crippen LogP contribution in [0.15, 0.2) is 169 Å². The Morgan fingerprint density at radius 2 is 1.35 bits per heavy atom. The summed E-state index contributed by atoms with van der Waals surface area (Å²) >= 11 is 0. The minimum atomic E-state index is -1.71. The topological polar surface area (TPSA) is 25.8 Å². The second kappa shape index (κ2) is 15.1. The van der Waals surface area contributed by atoms with Crippen molar-refractivity contribution in [2.75, 3.05) is 0 Å². The summed E-state index contributed by atoms with van der Waals surface area (Å²) in [5.74, 6) is 1.74. The van der Waals surface area contributed by atoms with Crippen LogP contribution in [0, 0.1) is 0 Å². The number of allylic oxidation sites excluding steroid dienone is 1. The zero-order valence-electron chi connectivity index (χ0n) is 39.2. The molecule has 12 rings (SSSR count). The molecular weight excluding hydrogens is 819 g/mol. The SMILES string of the molecule is C=C1C2C(CCc3ccc4c(oc5c6ccccc6ccc45)c3-c3n(-c4c(C(C)C)cc(-c5ccccc5)cc4C(C)C)c4ccccc4[n+]31)c1ccccc1-c1ccc([Si](C)(C)C)c[n+]12. The fourth-order valence-corrected chi connectivity index (χ4v) is 12.7. The van der Waals surface area contributed by atoms with Crippen LogP contribution in [0.1, 0.15) is 80.2 Å². The molecule has 10 aromatic rings. The first-order valence-corrected chi connectivity index (χ1v) is 27.5. The van der Waals surface area contributed by atoms with Crippen LogP contribution >= 0.6 is 0 Å². The average Bonchev–Trinajstić information content (AvgIpc) is 3.89. The van der Waals surface area contributed by atoms with Crippen molar-refractivity contribution in [2.24, 2.45) is 0 Å². The molecule has 4 nitrogen and oxygen atoms in total. The summed E-state index contributed by atoms with van der Waals surface area (Å²) in [6.45, 7) is 22.1. The molecule has 0 saturated heterocycles. The second-order valence-corrected chi connectivity index (χ2v) is 25.6. The van der Waals surface area contributed by atoms with Gasteiger partial charge in [0.25, 0.3) is 0 Å². The number of aromatic nitrogens is 3. The van der Waals surface area contributed by atoms with E-state index in [1.54, 1.807) is 0 Å². The molecule has 0 aliphatic carbocycles. The van der Waals surface area contributed by atoms with Crippen LogP contribution in [0.5, 0.6) is 0 Å². The highest BCUT2D eigenvalue weighted by Crippen LogP contribution is 2.49. The molecule has 0 fully saturated rings. The number of hydrogen-bond acceptors (Lipinski definition) is 1. The lowest BCUT2D eigenvalue weighted by molar-refractivity contribution is -0.723. The number of fused-ring (bicyclic) bond motifs is 17. The Balaban J connectivity index is 1.26. The molecule has 0 spiro atoms. The molecule has 0 radical (unpaired) electrons. The first-order chi connectivity index (χ1) is 32.0. The zero-order chi connectivity index (χ0) is 45.2. The summed E-state index contributed by atoms with van der Waals surface area (Å²) in [6, 6.07) is 56.7. The normalized spacial score (nSPS) is 16.0. The Kier molecular flexibility index (Phi) is 9.31. The van der Waals surface area contributed by atoms with Crippen LogP contribution in [0.3, 0.4) is 0 Å². The predicted molar refractivity (Wildman–Crippen MR) is 278 cm³/mol. The lowest BCUT2D eigenvalue weighted by Gasteiger charge is -2.31. The van der Waals surface area contributed by atoms with Gasteiger partial charge in [-0.25, -0.2) is 0 Å². The van der Waals surface area contributed by atoms with Gasteiger partial charge in [0.2, 0.25) is 11.7 Å². The lowest BCUT2D eigenvalue weighted by Crippen LogP contribution is -2.56. The molecular formula is C61H57N3OSi+2. The van der Waals surface area contributed by atoms with Crippen LogP contribution in [0.4, 0.5) is 0 Å². The number of pyridine rings is 1. The molecule has 0 N–H and O–H groups in total. The molecule has 2 unspecified atom stereocenters. The number of para-hydroxylation sites is 2. The number of benzene rings is 7. The Morgan fingerprint density at radius 1 is 0.667 bits per heavy atom. The summed E-state index contributed by atoms with van der Waals surface area (Å²) in [6.07, 6.45) is 4.33. The van der Waals surface area contributed by atoms with Crippen LogP contribution in [-0.4, -0.2) is 12.6 Å². The average molecular weight is 876 g/mol. The fourth-order valence-electron chi connectivity index (χ4n) is 11.6. The molecule has 0 amide bonds. The van der Waals surface area contributed by atoms with Crippen molar-refractivity contribution in [3.63, 3.8) is 0 Å². The Morgan fingerprint density at radius 3 is 2.12 bits per heavy atom. The standard InChI is InChI=1S/C61H57N3OSi/c1-37(2)51-34-43(40-18-10-9-11-19-40)35-52(38(3)4)58(51)64-55-25-17-16-24-54(55)63-39(5)57-48(46-22-14-15-23-47(46)53-33-29-44(36-62(53)57)66(6,7)8)30-27-42-28-32-50-49-31-26-41-20-12-13-21-45(41)59(49)65-60(50)56(42)61(63)64/h9-26,28-29,31-38,48,57H,5,27,30H2,1-4,6-8H3/q+2. The van der Waals surface area contributed by atoms with Gasteiger partial charge in [-0.05, 0) is 95.3 Å². The van der Waals surface area contributed by atoms with Gasteiger partial charge in [0.1, 0.15) is 16.8 Å². The van der Waals surface area contributed by atoms with E-state index in [-0.39, 0.29) is 23.8 Å². The van der Waals surface area contributed by atoms with E-state index in [1.807, 2.05) is 0 Å². The molecule has 66 heavy (non-hydrogen) atoms. The number of hydrogen-bond donors (Lipinski definition) is 0. The van der Waals surface area contributed by atoms with E-state index < -0.39 is 8.07 Å². The third kappa shape index (κ3) is 6.09. The van der Waals surface area contributed by atoms with Gasteiger partial charge in [-0.3, -0.25) is 0 Å². The highest BCUT2D eigenvalue weighted by atomic mass is 28.3. The van der Waals surface area contributed by atoms with Gasteiger partial charge in [-0.1, -0.05) is 157 Å². The van der Waals surface area contributed by atoms with Crippen LogP contribution < -0.4 is 14.3 Å². The maximum absolute atomic E-state index is 7.44. The molecule has 5 heterocycles. The Hall–Kier alpha value is -6.82. The van der Waals surface area contributed by atoms with Gasteiger partial charge in [-0.2, -0.15) is 13.7 Å². The zero-order valence-corrected chi connectivity index (χ0v) is 40.2. The fraction of sp³-hybridized carbons (Fsp3) is 0.213. The smallest absolute Gasteiger partial charge is 0.304 e. The van der Waals surface area contributed by atoms with E-state index in [9.17, 15) is 0 Å². The van der Waals surface area contributed by atoms with Crippen LogP contribution in [0.2, 0.25) is 19.6 Å². The van der Waals surface area contributed by atoms with Gasteiger partial charge >= 0.3 is 5.82 Å². The highest BCUT2D eigenvalue weighted by molar-refractivity contribution is 6.88. The third-order valence-corrected chi connectivity index (χ3v) is 16.9. The maximum Gasteiger partial charge on any atom is 0.304 e. The molecule has 3 aromatic heterocycles. The van der Waals surface area contributed by atoms with Crippen molar-refractivity contribution in [1.29, 1.82) is 0 Å². The molecule has 0 saturated carbocycles. The minimum absolute atomic E-state index is 0.0479. The van der Waals surface area contributed by atoms with E-state index in [0.717, 1.165) is 68.3 Å². The predicted octanol–water partition coefficient (Wildman–Crippen LogP) is 14.8. The van der Waals surface area contributed by atoms with E-state index >= 15 is 0 Å². The summed E-state index contributed by atoms with van der Waals surface area (Å²) in [4.78, 5) is 0. The van der Waals surface area contributed by atoms with Crippen molar-refractivity contribution < 1.29 is 13.6 Å². The quantitative estimate of drug-likeness (QED) is 0.125. The van der Waals surface area contributed by atoms with Crippen molar-refractivity contribution in [3.05, 3.63) is 187 Å². The number of imidazole rings is 1. The van der Waals surface area contributed by atoms with E-state index in [2.05, 4.69) is 219 Å². The third-order valence-electron chi connectivity index (χ3n) is 14.9. The molecule has 2 aliphatic heterocycles. The molecule has 5 heteroatoms. The van der Waals surface area contributed by atoms with E-state index in [0.29, 0.717) is 0 Å². The monoisotopic (exact) mass is 875 g/mol. The van der Waals surface area contributed by atoms with E-state index in [4.69, 9.17) is 11.0 Å². The van der Waals surface area contributed by atoms with Gasteiger partial charge in [0.05, 0.1) is 14.0 Å². The van der Waals surface area contributed by atoms with Crippen molar-refractivity contribution in [2.45, 2.75) is 84.0 Å². The van der Waals surface area contributed by atoms with Crippen LogP contribution in [-0.2, 0) is 6.42 Å². The molecule has 7 aromatic carbocycles. The van der Waals surface area contributed by atoms with E-state index in [1.165, 1.54) is 60.9 Å². The van der Waals surface area contributed by atoms with Crippen molar-refractivity contribution in [1.82, 2.24) is 4.57 Å². The van der Waals surface area contributed by atoms with Crippen molar-refractivity contribution in [3.8, 4) is 39.5 Å². The number of rotatable bonds is 5. The lowest BCUT2D eigenvalue weighted by atomic mass is 9.78. The number of aryl methyl sites for hydroxylation is 1. The number of furan rings is 1. The molecule has 0 bridgehead atoms. The first kappa shape index (κ1) is 40.7. The highest BCUT2D eigenvalue weighted by Gasteiger charge is 2.48. The van der Waals surface area contributed by atoms with Gasteiger partial charge < -0.3 is 4.42 Å². The van der Waals surface area contributed by atoms with Gasteiger partial charge in [0.15, 0.2) is 28.5 Å². The molecule has 324 valence electrons. The largest absolute Gasteiger partial charge is 0.454 e. The second-order valence-electron chi connectivity index (χ2n) is 20.5. The minimum Gasteiger partial charge on any atom is -0.454 e. The summed E-state index contributed by atoms with van der Waals surface area (Å²) in [5.41, 5.74) is 18.0. The molecule has 2 aliphatic rings. The van der Waals surface area contributed by atoms with Gasteiger partial charge in [-0.15, -0.1) is 0 Å². The summed E-state index contributed by atoms with van der Waals surface area (Å²) in [5, 5.41) is 6.04. The maximum atomic E-state index is 7.44. The summed E-state index contributed by atoms with van der Waals surface area (Å²) < 4.78 is 15.3. The van der Waals surface area contributed by atoms with Gasteiger partial charge in [0, 0.05) is 44.1 Å². The van der Waals surface area contributed by atoms with Crippen LogP contribution in [0.25, 0.3) is 88.9 Å². The van der Waals surface area contributed by atoms with Crippen molar-refractivity contribution >= 4 is 62.7 Å².